The Morgan fingerprint density at radius 3 is 1.33 bits per heavy atom. The van der Waals surface area contributed by atoms with Crippen LogP contribution in [0.2, 0.25) is 0 Å². The van der Waals surface area contributed by atoms with Crippen molar-refractivity contribution in [3.05, 3.63) is 0 Å². The van der Waals surface area contributed by atoms with Crippen LogP contribution >= 0.6 is 0 Å². The second-order valence-corrected chi connectivity index (χ2v) is 10.5. The summed E-state index contributed by atoms with van der Waals surface area (Å²) < 4.78 is 34.7. The molecule has 2 unspecified atom stereocenters. The first-order valence-electron chi connectivity index (χ1n) is 12.5. The normalized spacial score (nSPS) is 13.7. The Morgan fingerprint density at radius 1 is 0.633 bits per heavy atom. The molecule has 1 N–H and O–H groups in total. The molecule has 0 aliphatic carbocycles. The van der Waals surface area contributed by atoms with Crippen molar-refractivity contribution in [1.82, 2.24) is 0 Å². The number of hydrogen-bond donors (Lipinski definition) is 1. The Kier molecular flexibility index (Phi) is 26.6. The zero-order chi connectivity index (χ0) is 21.8. The first-order valence-corrected chi connectivity index (χ1v) is 14.0. The SMILES string of the molecule is CCCCCCCCCCCC(O)CC(CCCCCCCCCC)S(=O)(=O)[O-].[K+]. The van der Waals surface area contributed by atoms with Gasteiger partial charge in [-0.2, -0.15) is 0 Å². The van der Waals surface area contributed by atoms with Crippen LogP contribution in [0.3, 0.4) is 0 Å². The van der Waals surface area contributed by atoms with Crippen LogP contribution in [0.25, 0.3) is 0 Å². The number of unbranched alkanes of at least 4 members (excludes halogenated alkanes) is 15. The van der Waals surface area contributed by atoms with Crippen LogP contribution in [0.15, 0.2) is 0 Å². The van der Waals surface area contributed by atoms with Crippen molar-refractivity contribution in [3.63, 3.8) is 0 Å². The maximum absolute atomic E-state index is 11.6. The summed E-state index contributed by atoms with van der Waals surface area (Å²) in [4.78, 5) is 0. The molecule has 0 amide bonds. The van der Waals surface area contributed by atoms with Crippen molar-refractivity contribution in [2.75, 3.05) is 0 Å². The topological polar surface area (TPSA) is 77.4 Å². The van der Waals surface area contributed by atoms with Gasteiger partial charge in [0.1, 0.15) is 0 Å². The summed E-state index contributed by atoms with van der Waals surface area (Å²) >= 11 is 0. The summed E-state index contributed by atoms with van der Waals surface area (Å²) in [5.41, 5.74) is 0. The van der Waals surface area contributed by atoms with Crippen LogP contribution in [0.1, 0.15) is 142 Å². The molecule has 176 valence electrons. The summed E-state index contributed by atoms with van der Waals surface area (Å²) in [5, 5.41) is 9.28. The van der Waals surface area contributed by atoms with Crippen molar-refractivity contribution in [3.8, 4) is 0 Å². The van der Waals surface area contributed by atoms with E-state index in [1.54, 1.807) is 0 Å². The van der Waals surface area contributed by atoms with E-state index < -0.39 is 21.5 Å². The van der Waals surface area contributed by atoms with E-state index in [2.05, 4.69) is 13.8 Å². The minimum atomic E-state index is -4.33. The molecule has 0 aromatic carbocycles. The molecule has 0 radical (unpaired) electrons. The van der Waals surface area contributed by atoms with Crippen LogP contribution < -0.4 is 51.4 Å². The summed E-state index contributed by atoms with van der Waals surface area (Å²) in [7, 11) is -4.33. The monoisotopic (exact) mass is 472 g/mol. The average molecular weight is 473 g/mol. The third-order valence-corrected chi connectivity index (χ3v) is 7.21. The number of rotatable bonds is 22. The van der Waals surface area contributed by atoms with Crippen molar-refractivity contribution < 1.29 is 69.5 Å². The maximum atomic E-state index is 11.6. The van der Waals surface area contributed by atoms with Gasteiger partial charge in [-0.25, -0.2) is 8.42 Å². The van der Waals surface area contributed by atoms with E-state index in [1.165, 1.54) is 77.0 Å². The first-order chi connectivity index (χ1) is 13.9. The molecule has 0 aromatic rings. The van der Waals surface area contributed by atoms with E-state index >= 15 is 0 Å². The zero-order valence-corrected chi connectivity index (χ0v) is 24.3. The minimum Gasteiger partial charge on any atom is -0.748 e. The fourth-order valence-corrected chi connectivity index (χ4v) is 4.91. The number of hydrogen-bond acceptors (Lipinski definition) is 4. The van der Waals surface area contributed by atoms with E-state index in [0.717, 1.165) is 32.1 Å². The standard InChI is InChI=1S/C24H50O4S.K/c1-3-5-7-9-11-13-14-16-18-20-23(25)22-24(29(26,27)28)21-19-17-15-12-10-8-6-4-2;/h23-25H,3-22H2,1-2H3,(H,26,27,28);/q;+1/p-1. The molecule has 0 saturated carbocycles. The predicted octanol–water partition coefficient (Wildman–Crippen LogP) is 4.11. The first kappa shape index (κ1) is 33.7. The Hall–Kier alpha value is 1.51. The van der Waals surface area contributed by atoms with Crippen molar-refractivity contribution >= 4 is 10.1 Å². The third kappa shape index (κ3) is 22.7. The van der Waals surface area contributed by atoms with Gasteiger partial charge in [0, 0.05) is 0 Å². The Balaban J connectivity index is 0. The molecule has 0 fully saturated rings. The largest absolute Gasteiger partial charge is 1.00 e. The molecule has 6 heteroatoms. The van der Waals surface area contributed by atoms with E-state index in [9.17, 15) is 18.1 Å². The summed E-state index contributed by atoms with van der Waals surface area (Å²) in [6.07, 6.45) is 20.5. The van der Waals surface area contributed by atoms with Gasteiger partial charge in [-0.05, 0) is 19.3 Å². The smallest absolute Gasteiger partial charge is 0.748 e. The molecule has 4 nitrogen and oxygen atoms in total. The van der Waals surface area contributed by atoms with E-state index in [-0.39, 0.29) is 57.8 Å². The Labute approximate surface area is 230 Å². The van der Waals surface area contributed by atoms with Gasteiger partial charge < -0.3 is 9.66 Å². The van der Waals surface area contributed by atoms with Gasteiger partial charge in [0.2, 0.25) is 0 Å². The van der Waals surface area contributed by atoms with Gasteiger partial charge in [-0.1, -0.05) is 123 Å². The van der Waals surface area contributed by atoms with E-state index in [4.69, 9.17) is 0 Å². The molecular weight excluding hydrogens is 423 g/mol. The average Bonchev–Trinajstić information content (AvgIpc) is 2.67. The second-order valence-electron chi connectivity index (χ2n) is 8.88. The molecule has 0 heterocycles. The van der Waals surface area contributed by atoms with Gasteiger partial charge in [0.25, 0.3) is 0 Å². The van der Waals surface area contributed by atoms with Crippen LogP contribution in [0.4, 0.5) is 0 Å². The van der Waals surface area contributed by atoms with Gasteiger partial charge in [-0.3, -0.25) is 0 Å². The molecule has 2 atom stereocenters. The number of aliphatic hydroxyl groups is 1. The summed E-state index contributed by atoms with van der Waals surface area (Å²) in [5.74, 6) is 0. The fourth-order valence-electron chi connectivity index (χ4n) is 4.00. The van der Waals surface area contributed by atoms with Crippen molar-refractivity contribution in [2.24, 2.45) is 0 Å². The van der Waals surface area contributed by atoms with Gasteiger partial charge in [0.05, 0.1) is 21.5 Å². The van der Waals surface area contributed by atoms with Crippen molar-refractivity contribution in [1.29, 1.82) is 0 Å². The minimum absolute atomic E-state index is 0. The molecule has 30 heavy (non-hydrogen) atoms. The molecule has 0 aromatic heterocycles. The predicted molar refractivity (Wildman–Crippen MR) is 123 cm³/mol. The maximum Gasteiger partial charge on any atom is 1.00 e. The number of aliphatic hydroxyl groups excluding tert-OH is 1. The molecule has 0 aliphatic rings. The molecule has 0 aliphatic heterocycles. The fraction of sp³-hybridized carbons (Fsp3) is 1.00. The second kappa shape index (κ2) is 23.7. The van der Waals surface area contributed by atoms with E-state index in [1.807, 2.05) is 0 Å². The van der Waals surface area contributed by atoms with Gasteiger partial charge >= 0.3 is 51.4 Å². The van der Waals surface area contributed by atoms with Gasteiger partial charge in [-0.15, -0.1) is 0 Å². The van der Waals surface area contributed by atoms with Crippen molar-refractivity contribution in [2.45, 2.75) is 154 Å². The van der Waals surface area contributed by atoms with E-state index in [0.29, 0.717) is 12.8 Å². The molecule has 0 saturated heterocycles. The molecular formula is C24H49KO4S. The summed E-state index contributed by atoms with van der Waals surface area (Å²) in [6, 6.07) is 0. The van der Waals surface area contributed by atoms with Gasteiger partial charge in [0.15, 0.2) is 0 Å². The quantitative estimate of drug-likeness (QED) is 0.146. The molecule has 0 bridgehead atoms. The molecule has 0 rings (SSSR count). The Morgan fingerprint density at radius 2 is 0.967 bits per heavy atom. The summed E-state index contributed by atoms with van der Waals surface area (Å²) in [6.45, 7) is 4.43. The third-order valence-electron chi connectivity index (χ3n) is 5.96. The Bertz CT molecular complexity index is 442. The van der Waals surface area contributed by atoms with Crippen LogP contribution in [-0.4, -0.2) is 29.4 Å². The van der Waals surface area contributed by atoms with Crippen LogP contribution in [-0.2, 0) is 10.1 Å². The molecule has 0 spiro atoms. The zero-order valence-electron chi connectivity index (χ0n) is 20.4. The van der Waals surface area contributed by atoms with Crippen LogP contribution in [0, 0.1) is 0 Å². The van der Waals surface area contributed by atoms with Crippen LogP contribution in [0.5, 0.6) is 0 Å².